The Morgan fingerprint density at radius 3 is 2.83 bits per heavy atom. The van der Waals surface area contributed by atoms with Crippen molar-refractivity contribution in [2.45, 2.75) is 13.0 Å². The number of thiocarbonyl (C=S) groups is 1. The van der Waals surface area contributed by atoms with Gasteiger partial charge in [0.2, 0.25) is 0 Å². The van der Waals surface area contributed by atoms with Crippen molar-refractivity contribution >= 4 is 34.2 Å². The lowest BCUT2D eigenvalue weighted by atomic mass is 10.0. The highest BCUT2D eigenvalue weighted by atomic mass is 32.2. The Kier molecular flexibility index (Phi) is 3.09. The molecule has 0 radical (unpaired) electrons. The van der Waals surface area contributed by atoms with Gasteiger partial charge in [0, 0.05) is 19.3 Å². The number of hydrogen-bond donors (Lipinski definition) is 1. The normalized spacial score (nSPS) is 21.1. The van der Waals surface area contributed by atoms with Crippen LogP contribution >= 0.6 is 24.0 Å². The van der Waals surface area contributed by atoms with Gasteiger partial charge in [0.1, 0.15) is 4.32 Å². The van der Waals surface area contributed by atoms with Crippen molar-refractivity contribution in [2.24, 2.45) is 0 Å². The molecule has 0 saturated carbocycles. The van der Waals surface area contributed by atoms with Gasteiger partial charge in [-0.1, -0.05) is 48.2 Å². The second-order valence-electron chi connectivity index (χ2n) is 4.33. The lowest BCUT2D eigenvalue weighted by Crippen LogP contribution is -2.27. The first kappa shape index (κ1) is 11.7. The van der Waals surface area contributed by atoms with E-state index in [4.69, 9.17) is 12.2 Å². The van der Waals surface area contributed by atoms with E-state index in [1.54, 1.807) is 0 Å². The van der Waals surface area contributed by atoms with Gasteiger partial charge in [-0.15, -0.1) is 0 Å². The number of thioether (sulfide) groups is 1. The van der Waals surface area contributed by atoms with Crippen LogP contribution in [0.5, 0.6) is 0 Å². The molecule has 5 heteroatoms. The molecule has 92 valence electrons. The fourth-order valence-electron chi connectivity index (χ4n) is 2.20. The molecule has 0 aliphatic carbocycles. The predicted octanol–water partition coefficient (Wildman–Crippen LogP) is 2.03. The predicted molar refractivity (Wildman–Crippen MR) is 77.0 cm³/mol. The SMILES string of the molecule is O=C1NC(=S)SC1=CN1CCc2ccccc2C1. The fourth-order valence-corrected chi connectivity index (χ4v) is 3.26. The smallest absolute Gasteiger partial charge is 0.265 e. The summed E-state index contributed by atoms with van der Waals surface area (Å²) in [6.07, 6.45) is 2.95. The molecule has 1 aromatic carbocycles. The van der Waals surface area contributed by atoms with E-state index in [0.29, 0.717) is 9.23 Å². The molecule has 1 fully saturated rings. The average Bonchev–Trinajstić information content (AvgIpc) is 2.68. The van der Waals surface area contributed by atoms with Crippen LogP contribution < -0.4 is 5.32 Å². The van der Waals surface area contributed by atoms with Crippen LogP contribution in [0.25, 0.3) is 0 Å². The molecular formula is C13H12N2OS2. The van der Waals surface area contributed by atoms with Gasteiger partial charge in [0.05, 0.1) is 4.91 Å². The zero-order valence-electron chi connectivity index (χ0n) is 9.68. The molecule has 0 aromatic heterocycles. The van der Waals surface area contributed by atoms with E-state index in [9.17, 15) is 4.79 Å². The first-order valence-corrected chi connectivity index (χ1v) is 7.01. The Labute approximate surface area is 115 Å². The summed E-state index contributed by atoms with van der Waals surface area (Å²) in [5.41, 5.74) is 2.75. The van der Waals surface area contributed by atoms with Crippen molar-refractivity contribution in [3.05, 3.63) is 46.5 Å². The van der Waals surface area contributed by atoms with Crippen LogP contribution in [0.3, 0.4) is 0 Å². The lowest BCUT2D eigenvalue weighted by Gasteiger charge is -2.27. The van der Waals surface area contributed by atoms with Crippen LogP contribution in [0.2, 0.25) is 0 Å². The Bertz CT molecular complexity index is 554. The van der Waals surface area contributed by atoms with Crippen LogP contribution in [-0.2, 0) is 17.8 Å². The Balaban J connectivity index is 1.79. The van der Waals surface area contributed by atoms with Gasteiger partial charge in [-0.3, -0.25) is 4.79 Å². The molecule has 0 unspecified atom stereocenters. The van der Waals surface area contributed by atoms with E-state index < -0.39 is 0 Å². The summed E-state index contributed by atoms with van der Waals surface area (Å²) in [6, 6.07) is 8.45. The van der Waals surface area contributed by atoms with Gasteiger partial charge >= 0.3 is 0 Å². The third-order valence-corrected chi connectivity index (χ3v) is 4.25. The van der Waals surface area contributed by atoms with Crippen LogP contribution in [0.15, 0.2) is 35.4 Å². The average molecular weight is 276 g/mol. The number of fused-ring (bicyclic) bond motifs is 1. The molecule has 1 saturated heterocycles. The molecule has 2 aliphatic rings. The maximum Gasteiger partial charge on any atom is 0.265 e. The van der Waals surface area contributed by atoms with Crippen LogP contribution in [0, 0.1) is 0 Å². The van der Waals surface area contributed by atoms with Gasteiger partial charge in [-0.2, -0.15) is 0 Å². The summed E-state index contributed by atoms with van der Waals surface area (Å²) in [4.78, 5) is 14.5. The van der Waals surface area contributed by atoms with Gasteiger partial charge < -0.3 is 10.2 Å². The molecular weight excluding hydrogens is 264 g/mol. The van der Waals surface area contributed by atoms with Gasteiger partial charge in [0.25, 0.3) is 5.91 Å². The maximum atomic E-state index is 11.6. The van der Waals surface area contributed by atoms with Crippen molar-refractivity contribution < 1.29 is 4.79 Å². The minimum Gasteiger partial charge on any atom is -0.372 e. The summed E-state index contributed by atoms with van der Waals surface area (Å²) in [7, 11) is 0. The minimum absolute atomic E-state index is 0.0798. The molecule has 0 bridgehead atoms. The molecule has 1 amide bonds. The Morgan fingerprint density at radius 2 is 2.11 bits per heavy atom. The Hall–Kier alpha value is -1.33. The number of carbonyl (C=O) groups is 1. The van der Waals surface area contributed by atoms with Gasteiger partial charge in [-0.05, 0) is 17.5 Å². The number of carbonyl (C=O) groups excluding carboxylic acids is 1. The second-order valence-corrected chi connectivity index (χ2v) is 6.05. The lowest BCUT2D eigenvalue weighted by molar-refractivity contribution is -0.115. The van der Waals surface area contributed by atoms with Gasteiger partial charge in [-0.25, -0.2) is 0 Å². The summed E-state index contributed by atoms with van der Waals surface area (Å²) >= 11 is 6.31. The summed E-state index contributed by atoms with van der Waals surface area (Å²) in [5, 5.41) is 2.64. The molecule has 18 heavy (non-hydrogen) atoms. The number of amides is 1. The van der Waals surface area contributed by atoms with E-state index in [2.05, 4.69) is 34.5 Å². The monoisotopic (exact) mass is 276 g/mol. The third kappa shape index (κ3) is 2.28. The first-order chi connectivity index (χ1) is 8.72. The van der Waals surface area contributed by atoms with E-state index in [1.165, 1.54) is 22.9 Å². The van der Waals surface area contributed by atoms with E-state index >= 15 is 0 Å². The van der Waals surface area contributed by atoms with Crippen molar-refractivity contribution in [1.29, 1.82) is 0 Å². The fraction of sp³-hybridized carbons (Fsp3) is 0.231. The number of benzene rings is 1. The molecule has 2 heterocycles. The van der Waals surface area contributed by atoms with E-state index in [-0.39, 0.29) is 5.91 Å². The summed E-state index contributed by atoms with van der Waals surface area (Å²) in [6.45, 7) is 1.81. The first-order valence-electron chi connectivity index (χ1n) is 5.78. The summed E-state index contributed by atoms with van der Waals surface area (Å²) < 4.78 is 0.545. The van der Waals surface area contributed by atoms with Crippen molar-refractivity contribution in [3.63, 3.8) is 0 Å². The topological polar surface area (TPSA) is 32.3 Å². The summed E-state index contributed by atoms with van der Waals surface area (Å²) in [5.74, 6) is -0.0798. The minimum atomic E-state index is -0.0798. The molecule has 0 spiro atoms. The number of rotatable bonds is 1. The van der Waals surface area contributed by atoms with E-state index in [0.717, 1.165) is 19.5 Å². The Morgan fingerprint density at radius 1 is 1.33 bits per heavy atom. The van der Waals surface area contributed by atoms with Crippen LogP contribution in [-0.4, -0.2) is 21.7 Å². The van der Waals surface area contributed by atoms with Crippen molar-refractivity contribution in [1.82, 2.24) is 10.2 Å². The second kappa shape index (κ2) is 4.74. The number of nitrogens with one attached hydrogen (secondary N) is 1. The van der Waals surface area contributed by atoms with Crippen molar-refractivity contribution in [2.75, 3.05) is 6.54 Å². The number of hydrogen-bond acceptors (Lipinski definition) is 4. The van der Waals surface area contributed by atoms with Crippen molar-refractivity contribution in [3.8, 4) is 0 Å². The molecule has 3 rings (SSSR count). The zero-order valence-corrected chi connectivity index (χ0v) is 11.3. The third-order valence-electron chi connectivity index (χ3n) is 3.10. The molecule has 3 nitrogen and oxygen atoms in total. The molecule has 2 aliphatic heterocycles. The van der Waals surface area contributed by atoms with Gasteiger partial charge in [0.15, 0.2) is 0 Å². The molecule has 0 atom stereocenters. The standard InChI is InChI=1S/C13H12N2OS2/c16-12-11(18-13(17)14-12)8-15-6-5-9-3-1-2-4-10(9)7-15/h1-4,8H,5-7H2,(H,14,16,17). The van der Waals surface area contributed by atoms with E-state index in [1.807, 2.05) is 6.20 Å². The highest BCUT2D eigenvalue weighted by molar-refractivity contribution is 8.26. The largest absolute Gasteiger partial charge is 0.372 e. The van der Waals surface area contributed by atoms with Crippen LogP contribution in [0.1, 0.15) is 11.1 Å². The highest BCUT2D eigenvalue weighted by Crippen LogP contribution is 2.26. The quantitative estimate of drug-likeness (QED) is 0.628. The molecule has 1 N–H and O–H groups in total. The highest BCUT2D eigenvalue weighted by Gasteiger charge is 2.24. The van der Waals surface area contributed by atoms with Crippen LogP contribution in [0.4, 0.5) is 0 Å². The molecule has 1 aromatic rings. The maximum absolute atomic E-state index is 11.6. The zero-order chi connectivity index (χ0) is 12.5. The number of nitrogens with zero attached hydrogens (tertiary/aromatic N) is 1.